The van der Waals surface area contributed by atoms with Crippen molar-refractivity contribution >= 4 is 41.3 Å². The zero-order valence-electron chi connectivity index (χ0n) is 27.0. The lowest BCUT2D eigenvalue weighted by Crippen LogP contribution is -2.32. The summed E-state index contributed by atoms with van der Waals surface area (Å²) in [6, 6.07) is 17.6. The van der Waals surface area contributed by atoms with Crippen molar-refractivity contribution in [2.24, 2.45) is 0 Å². The van der Waals surface area contributed by atoms with Gasteiger partial charge in [0.05, 0.1) is 12.7 Å². The molecule has 0 heterocycles. The normalized spacial score (nSPS) is 11.1. The van der Waals surface area contributed by atoms with E-state index in [1.54, 1.807) is 90.1 Å². The molecule has 0 fully saturated rings. The van der Waals surface area contributed by atoms with Crippen LogP contribution in [0.15, 0.2) is 66.7 Å². The maximum atomic E-state index is 13.0. The molecule has 0 saturated carbocycles. The van der Waals surface area contributed by atoms with Crippen LogP contribution in [-0.4, -0.2) is 48.3 Å². The third-order valence-electron chi connectivity index (χ3n) is 5.97. The second kappa shape index (κ2) is 15.1. The van der Waals surface area contributed by atoms with Crippen molar-refractivity contribution in [1.29, 1.82) is 0 Å². The average Bonchev–Trinajstić information content (AvgIpc) is 2.97. The summed E-state index contributed by atoms with van der Waals surface area (Å²) in [5.41, 5.74) is 1.56. The molecule has 0 aliphatic heterocycles. The summed E-state index contributed by atoms with van der Waals surface area (Å²) < 4.78 is 15.3. The van der Waals surface area contributed by atoms with Crippen molar-refractivity contribution < 1.29 is 38.2 Å². The van der Waals surface area contributed by atoms with E-state index in [4.69, 9.17) is 14.2 Å². The Morgan fingerprint density at radius 3 is 1.26 bits per heavy atom. The Morgan fingerprint density at radius 2 is 0.935 bits per heavy atom. The fourth-order valence-corrected chi connectivity index (χ4v) is 3.94. The highest BCUT2D eigenvalue weighted by Crippen LogP contribution is 2.22. The molecule has 0 atom stereocenters. The van der Waals surface area contributed by atoms with Crippen LogP contribution in [0.5, 0.6) is 0 Å². The van der Waals surface area contributed by atoms with Gasteiger partial charge in [-0.3, -0.25) is 9.59 Å². The summed E-state index contributed by atoms with van der Waals surface area (Å²) >= 11 is 0. The fraction of sp³-hybridized carbons (Fsp3) is 0.324. The van der Waals surface area contributed by atoms with Crippen molar-refractivity contribution in [2.75, 3.05) is 17.7 Å². The number of ether oxygens (including phenoxy) is 3. The molecule has 3 aromatic carbocycles. The van der Waals surface area contributed by atoms with Crippen LogP contribution in [0, 0.1) is 0 Å². The van der Waals surface area contributed by atoms with Crippen molar-refractivity contribution in [3.63, 3.8) is 0 Å². The lowest BCUT2D eigenvalue weighted by molar-refractivity contribution is 0.0512. The van der Waals surface area contributed by atoms with E-state index in [2.05, 4.69) is 21.3 Å². The monoisotopic (exact) mass is 632 g/mol. The highest BCUT2D eigenvalue weighted by Gasteiger charge is 2.18. The van der Waals surface area contributed by atoms with E-state index in [9.17, 15) is 24.0 Å². The first-order valence-corrected chi connectivity index (χ1v) is 14.5. The molecular weight excluding hydrogens is 592 g/mol. The van der Waals surface area contributed by atoms with Gasteiger partial charge in [0, 0.05) is 35.6 Å². The lowest BCUT2D eigenvalue weighted by atomic mass is 10.1. The molecule has 0 bridgehead atoms. The lowest BCUT2D eigenvalue weighted by Gasteiger charge is -2.19. The van der Waals surface area contributed by atoms with Crippen LogP contribution in [0.2, 0.25) is 0 Å². The zero-order valence-corrected chi connectivity index (χ0v) is 27.0. The number of amides is 4. The van der Waals surface area contributed by atoms with Gasteiger partial charge in [-0.25, -0.2) is 14.4 Å². The van der Waals surface area contributed by atoms with E-state index < -0.39 is 41.2 Å². The molecule has 0 unspecified atom stereocenters. The number of hydrogen-bond acceptors (Lipinski definition) is 8. The molecule has 244 valence electrons. The van der Waals surface area contributed by atoms with Crippen LogP contribution in [0.3, 0.4) is 0 Å². The van der Waals surface area contributed by atoms with Gasteiger partial charge in [0.2, 0.25) is 0 Å². The van der Waals surface area contributed by atoms with Crippen molar-refractivity contribution in [3.05, 3.63) is 94.5 Å². The minimum absolute atomic E-state index is 0.114. The predicted octanol–water partition coefficient (Wildman–Crippen LogP) is 6.03. The first-order valence-electron chi connectivity index (χ1n) is 14.5. The Balaban J connectivity index is 1.66. The highest BCUT2D eigenvalue weighted by molar-refractivity contribution is 6.07. The van der Waals surface area contributed by atoms with Gasteiger partial charge in [0.25, 0.3) is 11.8 Å². The average molecular weight is 633 g/mol. The first kappa shape index (κ1) is 35.1. The Kier molecular flexibility index (Phi) is 11.5. The molecule has 3 aromatic rings. The Morgan fingerprint density at radius 1 is 0.565 bits per heavy atom. The third-order valence-corrected chi connectivity index (χ3v) is 5.97. The summed E-state index contributed by atoms with van der Waals surface area (Å²) in [4.78, 5) is 62.2. The highest BCUT2D eigenvalue weighted by atomic mass is 16.6. The molecule has 0 aliphatic carbocycles. The topological polar surface area (TPSA) is 161 Å². The molecule has 0 saturated heterocycles. The maximum absolute atomic E-state index is 13.0. The van der Waals surface area contributed by atoms with Gasteiger partial charge >= 0.3 is 18.2 Å². The number of carbonyl (C=O) groups excluding carboxylic acids is 5. The SMILES string of the molecule is COC(=O)c1cc(NC(=O)c2ccc(CNC(=O)OC(C)(C)C)cc2)cc(NC(=O)c2ccc(CNC(=O)OC(C)(C)C)cc2)c1. The van der Waals surface area contributed by atoms with Gasteiger partial charge in [-0.05, 0) is 95.1 Å². The second-order valence-electron chi connectivity index (χ2n) is 12.3. The number of esters is 1. The molecule has 3 rings (SSSR count). The van der Waals surface area contributed by atoms with E-state index >= 15 is 0 Å². The van der Waals surface area contributed by atoms with Crippen LogP contribution >= 0.6 is 0 Å². The molecule has 0 aliphatic rings. The number of alkyl carbamates (subject to hydrolysis) is 2. The van der Waals surface area contributed by atoms with Crippen LogP contribution in [0.1, 0.15) is 83.7 Å². The number of carbonyl (C=O) groups is 5. The molecule has 12 heteroatoms. The molecule has 46 heavy (non-hydrogen) atoms. The molecule has 0 aromatic heterocycles. The number of anilines is 2. The van der Waals surface area contributed by atoms with E-state index in [1.807, 2.05) is 0 Å². The van der Waals surface area contributed by atoms with Crippen LogP contribution in [-0.2, 0) is 27.3 Å². The third kappa shape index (κ3) is 11.6. The summed E-state index contributed by atoms with van der Waals surface area (Å²) in [5, 5.41) is 10.8. The predicted molar refractivity (Wildman–Crippen MR) is 173 cm³/mol. The molecule has 0 spiro atoms. The van der Waals surface area contributed by atoms with Crippen LogP contribution < -0.4 is 21.3 Å². The van der Waals surface area contributed by atoms with Gasteiger partial charge < -0.3 is 35.5 Å². The number of rotatable bonds is 9. The van der Waals surface area contributed by atoms with Gasteiger partial charge in [0.1, 0.15) is 11.2 Å². The first-order chi connectivity index (χ1) is 21.5. The smallest absolute Gasteiger partial charge is 0.407 e. The summed E-state index contributed by atoms with van der Waals surface area (Å²) in [7, 11) is 1.23. The summed E-state index contributed by atoms with van der Waals surface area (Å²) in [5.74, 6) is -1.57. The van der Waals surface area contributed by atoms with Gasteiger partial charge in [-0.2, -0.15) is 0 Å². The second-order valence-corrected chi connectivity index (χ2v) is 12.3. The summed E-state index contributed by atoms with van der Waals surface area (Å²) in [6.07, 6.45) is -1.10. The Bertz CT molecular complexity index is 1460. The van der Waals surface area contributed by atoms with Crippen molar-refractivity contribution in [1.82, 2.24) is 10.6 Å². The van der Waals surface area contributed by atoms with Crippen LogP contribution in [0.4, 0.5) is 21.0 Å². The number of methoxy groups -OCH3 is 1. The number of nitrogens with one attached hydrogen (secondary N) is 4. The Hall–Kier alpha value is -5.39. The molecular formula is C34H40N4O8. The number of hydrogen-bond donors (Lipinski definition) is 4. The van der Waals surface area contributed by atoms with Gasteiger partial charge in [0.15, 0.2) is 0 Å². The quantitative estimate of drug-likeness (QED) is 0.164. The molecule has 4 N–H and O–H groups in total. The van der Waals surface area contributed by atoms with E-state index in [0.29, 0.717) is 11.1 Å². The minimum Gasteiger partial charge on any atom is -0.465 e. The van der Waals surface area contributed by atoms with E-state index in [0.717, 1.165) is 11.1 Å². The molecule has 4 amide bonds. The van der Waals surface area contributed by atoms with E-state index in [-0.39, 0.29) is 30.0 Å². The van der Waals surface area contributed by atoms with E-state index in [1.165, 1.54) is 25.3 Å². The standard InChI is InChI=1S/C34H40N4O8/c1-33(2,3)45-31(42)35-19-21-8-12-23(13-9-21)28(39)37-26-16-25(30(41)44-7)17-27(18-26)38-29(40)24-14-10-22(11-15-24)20-36-32(43)46-34(4,5)6/h8-18H,19-20H2,1-7H3,(H,35,42)(H,36,43)(H,37,39)(H,38,40). The summed E-state index contributed by atoms with van der Waals surface area (Å²) in [6.45, 7) is 11.1. The maximum Gasteiger partial charge on any atom is 0.407 e. The molecule has 0 radical (unpaired) electrons. The minimum atomic E-state index is -0.657. The molecule has 12 nitrogen and oxygen atoms in total. The number of benzene rings is 3. The van der Waals surface area contributed by atoms with Crippen molar-refractivity contribution in [3.8, 4) is 0 Å². The van der Waals surface area contributed by atoms with Gasteiger partial charge in [-0.15, -0.1) is 0 Å². The van der Waals surface area contributed by atoms with Crippen LogP contribution in [0.25, 0.3) is 0 Å². The van der Waals surface area contributed by atoms with Crippen molar-refractivity contribution in [2.45, 2.75) is 65.8 Å². The fourth-order valence-electron chi connectivity index (χ4n) is 3.94. The van der Waals surface area contributed by atoms with Gasteiger partial charge in [-0.1, -0.05) is 24.3 Å². The zero-order chi connectivity index (χ0) is 34.1. The Labute approximate surface area is 268 Å². The largest absolute Gasteiger partial charge is 0.465 e.